The monoisotopic (exact) mass is 383 g/mol. The van der Waals surface area contributed by atoms with Crippen LogP contribution in [-0.2, 0) is 7.05 Å². The third kappa shape index (κ3) is 3.41. The Bertz CT molecular complexity index is 1070. The average Bonchev–Trinajstić information content (AvgIpc) is 3.27. The first-order chi connectivity index (χ1) is 13.4. The zero-order valence-corrected chi connectivity index (χ0v) is 15.1. The molecular formula is C17H17N7O4. The number of rotatable bonds is 5. The highest BCUT2D eigenvalue weighted by atomic mass is 16.4. The van der Waals surface area contributed by atoms with Gasteiger partial charge in [-0.2, -0.15) is 0 Å². The van der Waals surface area contributed by atoms with Gasteiger partial charge in [-0.3, -0.25) is 15.1 Å². The Labute approximate surface area is 158 Å². The smallest absolute Gasteiger partial charge is 0.410 e. The molecule has 1 aliphatic rings. The number of oxazole rings is 1. The van der Waals surface area contributed by atoms with E-state index in [9.17, 15) is 9.59 Å². The van der Waals surface area contributed by atoms with Crippen molar-refractivity contribution in [3.63, 3.8) is 0 Å². The second-order valence-corrected chi connectivity index (χ2v) is 6.52. The Balaban J connectivity index is 1.54. The second-order valence-electron chi connectivity index (χ2n) is 6.52. The molecule has 3 heterocycles. The lowest BCUT2D eigenvalue weighted by Crippen LogP contribution is -2.13. The number of carbonyl (C=O) groups is 2. The molecule has 3 aromatic rings. The Kier molecular flexibility index (Phi) is 4.26. The normalized spacial score (nSPS) is 13.4. The molecular weight excluding hydrogens is 366 g/mol. The Morgan fingerprint density at radius 3 is 2.68 bits per heavy atom. The van der Waals surface area contributed by atoms with Crippen LogP contribution in [0.15, 0.2) is 22.9 Å². The first-order valence-corrected chi connectivity index (χ1v) is 8.56. The molecule has 4 rings (SSSR count). The molecule has 3 N–H and O–H groups in total. The lowest BCUT2D eigenvalue weighted by atomic mass is 10.1. The summed E-state index contributed by atoms with van der Waals surface area (Å²) in [6, 6.07) is 1.71. The molecule has 3 aromatic heterocycles. The lowest BCUT2D eigenvalue weighted by molar-refractivity contribution is 0.0995. The van der Waals surface area contributed by atoms with Gasteiger partial charge in [0.15, 0.2) is 17.4 Å². The number of anilines is 2. The Morgan fingerprint density at radius 2 is 2.00 bits per heavy atom. The zero-order chi connectivity index (χ0) is 19.8. The highest BCUT2D eigenvalue weighted by Crippen LogP contribution is 2.39. The van der Waals surface area contributed by atoms with E-state index in [4.69, 9.17) is 9.52 Å². The van der Waals surface area contributed by atoms with Crippen LogP contribution in [0.1, 0.15) is 40.8 Å². The van der Waals surface area contributed by atoms with Crippen molar-refractivity contribution in [1.82, 2.24) is 25.0 Å². The molecule has 11 heteroatoms. The van der Waals surface area contributed by atoms with Crippen molar-refractivity contribution in [2.45, 2.75) is 25.7 Å². The largest absolute Gasteiger partial charge is 0.465 e. The second kappa shape index (κ2) is 6.76. The average molecular weight is 383 g/mol. The highest BCUT2D eigenvalue weighted by Gasteiger charge is 2.29. The minimum atomic E-state index is -1.23. The molecule has 0 bridgehead atoms. The number of pyridine rings is 1. The fourth-order valence-corrected chi connectivity index (χ4v) is 2.75. The van der Waals surface area contributed by atoms with Crippen LogP contribution < -0.4 is 10.6 Å². The topological polar surface area (TPSA) is 148 Å². The molecule has 11 nitrogen and oxygen atoms in total. The van der Waals surface area contributed by atoms with Gasteiger partial charge in [-0.15, -0.1) is 5.10 Å². The van der Waals surface area contributed by atoms with Crippen molar-refractivity contribution in [1.29, 1.82) is 0 Å². The van der Waals surface area contributed by atoms with Gasteiger partial charge in [-0.05, 0) is 31.4 Å². The van der Waals surface area contributed by atoms with Gasteiger partial charge in [-0.1, -0.05) is 5.21 Å². The summed E-state index contributed by atoms with van der Waals surface area (Å²) in [5.41, 5.74) is 1.89. The lowest BCUT2D eigenvalue weighted by Gasteiger charge is -2.08. The molecule has 0 saturated heterocycles. The standard InChI is InChI=1S/C17H17N7O4/c1-8-5-10(20-15(25)11-7-19-16(28-11)9-3-4-9)6-18-12(8)13-14(21-17(26)27)24(2)23-22-13/h5-7,9,21H,3-4H2,1-2H3,(H,20,25)(H,26,27). The molecule has 0 unspecified atom stereocenters. The summed E-state index contributed by atoms with van der Waals surface area (Å²) in [7, 11) is 1.57. The van der Waals surface area contributed by atoms with Crippen molar-refractivity contribution in [2.75, 3.05) is 10.6 Å². The maximum absolute atomic E-state index is 12.3. The third-order valence-corrected chi connectivity index (χ3v) is 4.29. The summed E-state index contributed by atoms with van der Waals surface area (Å²) >= 11 is 0. The predicted molar refractivity (Wildman–Crippen MR) is 97.0 cm³/mol. The number of carboxylic acid groups (broad SMARTS) is 1. The van der Waals surface area contributed by atoms with Gasteiger partial charge in [0.2, 0.25) is 5.76 Å². The summed E-state index contributed by atoms with van der Waals surface area (Å²) in [6.45, 7) is 1.77. The first kappa shape index (κ1) is 17.6. The molecule has 1 aliphatic carbocycles. The first-order valence-electron chi connectivity index (χ1n) is 8.56. The van der Waals surface area contributed by atoms with Crippen LogP contribution in [0.2, 0.25) is 0 Å². The SMILES string of the molecule is Cc1cc(NC(=O)c2cnc(C3CC3)o2)cnc1-c1nnn(C)c1NC(=O)O. The molecule has 0 radical (unpaired) electrons. The van der Waals surface area contributed by atoms with Gasteiger partial charge in [0.1, 0.15) is 0 Å². The molecule has 1 saturated carbocycles. The number of aromatic nitrogens is 5. The van der Waals surface area contributed by atoms with E-state index in [1.165, 1.54) is 17.1 Å². The van der Waals surface area contributed by atoms with E-state index in [0.717, 1.165) is 12.8 Å². The Hall–Kier alpha value is -3.76. The minimum absolute atomic E-state index is 0.144. The van der Waals surface area contributed by atoms with E-state index in [1.54, 1.807) is 20.0 Å². The minimum Gasteiger partial charge on any atom is -0.465 e. The summed E-state index contributed by atoms with van der Waals surface area (Å²) in [4.78, 5) is 31.8. The van der Waals surface area contributed by atoms with Gasteiger partial charge in [0.05, 0.1) is 23.8 Å². The molecule has 0 aromatic carbocycles. The van der Waals surface area contributed by atoms with Crippen molar-refractivity contribution in [3.05, 3.63) is 35.7 Å². The molecule has 144 valence electrons. The number of aryl methyl sites for hydroxylation is 2. The van der Waals surface area contributed by atoms with Crippen molar-refractivity contribution < 1.29 is 19.1 Å². The van der Waals surface area contributed by atoms with Gasteiger partial charge in [0.25, 0.3) is 5.91 Å². The summed E-state index contributed by atoms with van der Waals surface area (Å²) < 4.78 is 6.80. The maximum Gasteiger partial charge on any atom is 0.410 e. The van der Waals surface area contributed by atoms with E-state index in [2.05, 4.69) is 30.9 Å². The van der Waals surface area contributed by atoms with Crippen LogP contribution in [0.4, 0.5) is 16.3 Å². The van der Waals surface area contributed by atoms with Crippen LogP contribution >= 0.6 is 0 Å². The van der Waals surface area contributed by atoms with E-state index in [0.29, 0.717) is 34.4 Å². The fourth-order valence-electron chi connectivity index (χ4n) is 2.75. The van der Waals surface area contributed by atoms with Crippen molar-refractivity contribution in [3.8, 4) is 11.4 Å². The van der Waals surface area contributed by atoms with Crippen LogP contribution in [0, 0.1) is 6.92 Å². The number of carbonyl (C=O) groups excluding carboxylic acids is 1. The fraction of sp³-hybridized carbons (Fsp3) is 0.294. The Morgan fingerprint density at radius 1 is 1.21 bits per heavy atom. The van der Waals surface area contributed by atoms with Gasteiger partial charge < -0.3 is 14.8 Å². The molecule has 0 aliphatic heterocycles. The number of hydrogen-bond donors (Lipinski definition) is 3. The van der Waals surface area contributed by atoms with E-state index in [1.807, 2.05) is 0 Å². The molecule has 1 fully saturated rings. The van der Waals surface area contributed by atoms with Gasteiger partial charge in [0, 0.05) is 13.0 Å². The third-order valence-electron chi connectivity index (χ3n) is 4.29. The predicted octanol–water partition coefficient (Wildman–Crippen LogP) is 2.39. The quantitative estimate of drug-likeness (QED) is 0.608. The number of nitrogens with one attached hydrogen (secondary N) is 2. The van der Waals surface area contributed by atoms with Gasteiger partial charge >= 0.3 is 6.09 Å². The van der Waals surface area contributed by atoms with Gasteiger partial charge in [-0.25, -0.2) is 14.5 Å². The molecule has 0 spiro atoms. The van der Waals surface area contributed by atoms with Crippen LogP contribution in [0.25, 0.3) is 11.4 Å². The summed E-state index contributed by atoms with van der Waals surface area (Å²) in [6.07, 6.45) is 3.71. The van der Waals surface area contributed by atoms with E-state index in [-0.39, 0.29) is 11.6 Å². The summed E-state index contributed by atoms with van der Waals surface area (Å²) in [5.74, 6) is 0.849. The van der Waals surface area contributed by atoms with Crippen molar-refractivity contribution in [2.24, 2.45) is 7.05 Å². The number of nitrogens with zero attached hydrogens (tertiary/aromatic N) is 5. The van der Waals surface area contributed by atoms with Crippen LogP contribution in [-0.4, -0.2) is 42.1 Å². The van der Waals surface area contributed by atoms with Crippen molar-refractivity contribution >= 4 is 23.5 Å². The van der Waals surface area contributed by atoms with Crippen LogP contribution in [0.3, 0.4) is 0 Å². The molecule has 28 heavy (non-hydrogen) atoms. The van der Waals surface area contributed by atoms with Crippen LogP contribution in [0.5, 0.6) is 0 Å². The summed E-state index contributed by atoms with van der Waals surface area (Å²) in [5, 5.41) is 21.8. The molecule has 0 atom stereocenters. The highest BCUT2D eigenvalue weighted by molar-refractivity contribution is 6.02. The number of amides is 2. The van der Waals surface area contributed by atoms with E-state index >= 15 is 0 Å². The van der Waals surface area contributed by atoms with E-state index < -0.39 is 12.0 Å². The number of hydrogen-bond acceptors (Lipinski definition) is 7. The zero-order valence-electron chi connectivity index (χ0n) is 15.1. The maximum atomic E-state index is 12.3. The molecule has 2 amide bonds.